The number of aliphatic hydroxyl groups excluding tert-OH is 1. The Morgan fingerprint density at radius 3 is 2.45 bits per heavy atom. The second-order valence-corrected chi connectivity index (χ2v) is 2.42. The zero-order valence-corrected chi connectivity index (χ0v) is 6.46. The Hall–Kier alpha value is -0.820. The molecule has 1 aromatic carbocycles. The maximum Gasteiger partial charge on any atom is 0.122 e. The summed E-state index contributed by atoms with van der Waals surface area (Å²) < 4.78 is 0. The summed E-state index contributed by atoms with van der Waals surface area (Å²) in [6, 6.07) is 9.54. The van der Waals surface area contributed by atoms with E-state index in [1.54, 1.807) is 0 Å². The Morgan fingerprint density at radius 1 is 1.27 bits per heavy atom. The SMILES string of the molecule is [CH2]CC[C](O)c1ccccc1. The van der Waals surface area contributed by atoms with Crippen LogP contribution in [0.15, 0.2) is 30.3 Å². The average molecular weight is 148 g/mol. The van der Waals surface area contributed by atoms with Gasteiger partial charge in [-0.1, -0.05) is 43.7 Å². The van der Waals surface area contributed by atoms with Crippen LogP contribution in [0.3, 0.4) is 0 Å². The topological polar surface area (TPSA) is 20.2 Å². The van der Waals surface area contributed by atoms with Gasteiger partial charge in [-0.25, -0.2) is 0 Å². The smallest absolute Gasteiger partial charge is 0.122 e. The molecule has 1 aromatic rings. The van der Waals surface area contributed by atoms with Crippen molar-refractivity contribution in [3.05, 3.63) is 48.9 Å². The number of aliphatic hydroxyl groups is 1. The molecule has 1 heteroatoms. The highest BCUT2D eigenvalue weighted by Gasteiger charge is 2.04. The van der Waals surface area contributed by atoms with E-state index in [4.69, 9.17) is 0 Å². The van der Waals surface area contributed by atoms with Crippen molar-refractivity contribution >= 4 is 0 Å². The fourth-order valence-electron chi connectivity index (χ4n) is 0.942. The molecular weight excluding hydrogens is 136 g/mol. The van der Waals surface area contributed by atoms with Crippen LogP contribution in [0.1, 0.15) is 18.4 Å². The van der Waals surface area contributed by atoms with E-state index >= 15 is 0 Å². The monoisotopic (exact) mass is 148 g/mol. The quantitative estimate of drug-likeness (QED) is 0.698. The maximum atomic E-state index is 9.40. The van der Waals surface area contributed by atoms with Gasteiger partial charge in [0.05, 0.1) is 0 Å². The summed E-state index contributed by atoms with van der Waals surface area (Å²) in [5, 5.41) is 9.40. The molecule has 1 N–H and O–H groups in total. The van der Waals surface area contributed by atoms with E-state index in [1.165, 1.54) is 0 Å². The zero-order chi connectivity index (χ0) is 8.10. The molecule has 2 radical (unpaired) electrons. The van der Waals surface area contributed by atoms with Gasteiger partial charge < -0.3 is 5.11 Å². The van der Waals surface area contributed by atoms with Crippen LogP contribution >= 0.6 is 0 Å². The average Bonchev–Trinajstić information content (AvgIpc) is 2.07. The van der Waals surface area contributed by atoms with Crippen molar-refractivity contribution in [2.45, 2.75) is 12.8 Å². The van der Waals surface area contributed by atoms with Gasteiger partial charge in [0.2, 0.25) is 0 Å². The largest absolute Gasteiger partial charge is 0.382 e. The van der Waals surface area contributed by atoms with Crippen LogP contribution in [-0.2, 0) is 0 Å². The van der Waals surface area contributed by atoms with Crippen LogP contribution in [0.5, 0.6) is 0 Å². The molecule has 0 amide bonds. The maximum absolute atomic E-state index is 9.40. The van der Waals surface area contributed by atoms with E-state index in [2.05, 4.69) is 6.92 Å². The Morgan fingerprint density at radius 2 is 1.91 bits per heavy atom. The lowest BCUT2D eigenvalue weighted by Gasteiger charge is -2.06. The first kappa shape index (κ1) is 8.28. The first-order chi connectivity index (χ1) is 5.34. The van der Waals surface area contributed by atoms with Gasteiger partial charge in [0.25, 0.3) is 0 Å². The number of hydrogen-bond donors (Lipinski definition) is 1. The normalized spacial score (nSPS) is 10.5. The molecule has 0 heterocycles. The predicted octanol–water partition coefficient (Wildman–Crippen LogP) is 2.55. The Labute approximate surface area is 67.7 Å². The van der Waals surface area contributed by atoms with Gasteiger partial charge in [0.1, 0.15) is 6.10 Å². The van der Waals surface area contributed by atoms with E-state index in [0.29, 0.717) is 12.5 Å². The highest BCUT2D eigenvalue weighted by molar-refractivity contribution is 5.25. The minimum atomic E-state index is 0.431. The highest BCUT2D eigenvalue weighted by Crippen LogP contribution is 2.15. The predicted molar refractivity (Wildman–Crippen MR) is 45.3 cm³/mol. The van der Waals surface area contributed by atoms with Crippen molar-refractivity contribution in [3.8, 4) is 0 Å². The fourth-order valence-corrected chi connectivity index (χ4v) is 0.942. The zero-order valence-electron chi connectivity index (χ0n) is 6.46. The summed E-state index contributed by atoms with van der Waals surface area (Å²) in [4.78, 5) is 0. The van der Waals surface area contributed by atoms with Crippen LogP contribution in [-0.4, -0.2) is 5.11 Å². The molecule has 11 heavy (non-hydrogen) atoms. The molecule has 0 spiro atoms. The summed E-state index contributed by atoms with van der Waals surface area (Å²) in [6.07, 6.45) is 1.82. The van der Waals surface area contributed by atoms with E-state index in [-0.39, 0.29) is 0 Å². The summed E-state index contributed by atoms with van der Waals surface area (Å²) in [6.45, 7) is 3.67. The third-order valence-electron chi connectivity index (χ3n) is 1.52. The lowest BCUT2D eigenvalue weighted by molar-refractivity contribution is 0.313. The molecule has 0 unspecified atom stereocenters. The highest BCUT2D eigenvalue weighted by atomic mass is 16.3. The lowest BCUT2D eigenvalue weighted by Crippen LogP contribution is -1.96. The molecular formula is C10H12O. The van der Waals surface area contributed by atoms with Crippen molar-refractivity contribution in [3.63, 3.8) is 0 Å². The Balaban J connectivity index is 2.61. The third kappa shape index (κ3) is 2.35. The van der Waals surface area contributed by atoms with E-state index in [0.717, 1.165) is 12.0 Å². The summed E-state index contributed by atoms with van der Waals surface area (Å²) in [7, 11) is 0. The van der Waals surface area contributed by atoms with Crippen LogP contribution in [0, 0.1) is 13.0 Å². The standard InChI is InChI=1S/C10H12O/c1-2-6-10(11)9-7-4-3-5-8-9/h3-5,7-8,11H,1-2,6H2. The summed E-state index contributed by atoms with van der Waals surface area (Å²) >= 11 is 0. The van der Waals surface area contributed by atoms with Crippen LogP contribution < -0.4 is 0 Å². The molecule has 0 fully saturated rings. The second kappa shape index (κ2) is 4.14. The molecule has 1 nitrogen and oxygen atoms in total. The molecule has 0 atom stereocenters. The van der Waals surface area contributed by atoms with Gasteiger partial charge in [-0.15, -0.1) is 0 Å². The van der Waals surface area contributed by atoms with E-state index in [1.807, 2.05) is 30.3 Å². The molecule has 0 aromatic heterocycles. The van der Waals surface area contributed by atoms with Gasteiger partial charge in [0.15, 0.2) is 0 Å². The van der Waals surface area contributed by atoms with Gasteiger partial charge in [-0.3, -0.25) is 0 Å². The fraction of sp³-hybridized carbons (Fsp3) is 0.200. The molecule has 58 valence electrons. The minimum Gasteiger partial charge on any atom is -0.382 e. The molecule has 0 bridgehead atoms. The number of hydrogen-bond acceptors (Lipinski definition) is 1. The minimum absolute atomic E-state index is 0.431. The van der Waals surface area contributed by atoms with Gasteiger partial charge >= 0.3 is 0 Å². The van der Waals surface area contributed by atoms with Crippen molar-refractivity contribution < 1.29 is 5.11 Å². The first-order valence-electron chi connectivity index (χ1n) is 3.74. The summed E-state index contributed by atoms with van der Waals surface area (Å²) in [5.41, 5.74) is 0.899. The van der Waals surface area contributed by atoms with E-state index < -0.39 is 0 Å². The van der Waals surface area contributed by atoms with Gasteiger partial charge in [-0.2, -0.15) is 0 Å². The van der Waals surface area contributed by atoms with Gasteiger partial charge in [-0.05, 0) is 12.0 Å². The van der Waals surface area contributed by atoms with Crippen molar-refractivity contribution in [2.24, 2.45) is 0 Å². The van der Waals surface area contributed by atoms with Gasteiger partial charge in [0, 0.05) is 0 Å². The van der Waals surface area contributed by atoms with Crippen molar-refractivity contribution in [2.75, 3.05) is 0 Å². The summed E-state index contributed by atoms with van der Waals surface area (Å²) in [5.74, 6) is 0. The first-order valence-corrected chi connectivity index (χ1v) is 3.74. The molecule has 0 saturated heterocycles. The molecule has 1 rings (SSSR count). The van der Waals surface area contributed by atoms with Crippen LogP contribution in [0.4, 0.5) is 0 Å². The Kier molecular flexibility index (Phi) is 3.12. The van der Waals surface area contributed by atoms with E-state index in [9.17, 15) is 5.11 Å². The second-order valence-electron chi connectivity index (χ2n) is 2.42. The molecule has 0 aliphatic rings. The Bertz CT molecular complexity index is 193. The van der Waals surface area contributed by atoms with Crippen LogP contribution in [0.25, 0.3) is 0 Å². The number of rotatable bonds is 3. The van der Waals surface area contributed by atoms with Crippen molar-refractivity contribution in [1.29, 1.82) is 0 Å². The molecule has 0 aliphatic heterocycles. The molecule has 0 saturated carbocycles. The lowest BCUT2D eigenvalue weighted by atomic mass is 10.1. The molecule has 0 aliphatic carbocycles. The van der Waals surface area contributed by atoms with Crippen LogP contribution in [0.2, 0.25) is 0 Å². The number of benzene rings is 1. The third-order valence-corrected chi connectivity index (χ3v) is 1.52. The van der Waals surface area contributed by atoms with Crippen molar-refractivity contribution in [1.82, 2.24) is 0 Å².